The predicted octanol–water partition coefficient (Wildman–Crippen LogP) is 1.49. The Hall–Kier alpha value is -0.810. The molecule has 2 unspecified atom stereocenters. The van der Waals surface area contributed by atoms with Crippen LogP contribution in [0.3, 0.4) is 0 Å². The lowest BCUT2D eigenvalue weighted by Crippen LogP contribution is -2.50. The molecule has 1 fully saturated rings. The maximum Gasteiger partial charge on any atom is 0.410 e. The maximum atomic E-state index is 12.1. The van der Waals surface area contributed by atoms with Gasteiger partial charge >= 0.3 is 6.09 Å². The Morgan fingerprint density at radius 2 is 2.11 bits per heavy atom. The summed E-state index contributed by atoms with van der Waals surface area (Å²) in [7, 11) is 0. The van der Waals surface area contributed by atoms with Gasteiger partial charge in [0.05, 0.1) is 12.1 Å². The van der Waals surface area contributed by atoms with Crippen LogP contribution in [-0.2, 0) is 4.74 Å². The zero-order valence-corrected chi connectivity index (χ0v) is 11.7. The molecule has 1 heterocycles. The molecule has 1 aliphatic heterocycles. The predicted molar refractivity (Wildman–Crippen MR) is 70.3 cm³/mol. The first-order chi connectivity index (χ1) is 8.35. The van der Waals surface area contributed by atoms with Crippen LogP contribution in [0.25, 0.3) is 0 Å². The van der Waals surface area contributed by atoms with Gasteiger partial charge in [-0.25, -0.2) is 4.79 Å². The number of nitrogens with two attached hydrogens (primary N) is 1. The van der Waals surface area contributed by atoms with Gasteiger partial charge in [0.25, 0.3) is 0 Å². The highest BCUT2D eigenvalue weighted by molar-refractivity contribution is 5.68. The van der Waals surface area contributed by atoms with Gasteiger partial charge in [0.15, 0.2) is 0 Å². The molecule has 106 valence electrons. The Morgan fingerprint density at radius 3 is 2.67 bits per heavy atom. The van der Waals surface area contributed by atoms with E-state index in [9.17, 15) is 9.90 Å². The molecule has 18 heavy (non-hydrogen) atoms. The van der Waals surface area contributed by atoms with Crippen LogP contribution in [0.5, 0.6) is 0 Å². The topological polar surface area (TPSA) is 75.8 Å². The third kappa shape index (κ3) is 4.46. The van der Waals surface area contributed by atoms with E-state index < -0.39 is 11.7 Å². The largest absolute Gasteiger partial charge is 0.444 e. The normalized spacial score (nSPS) is 23.4. The van der Waals surface area contributed by atoms with E-state index in [4.69, 9.17) is 10.5 Å². The number of aliphatic hydroxyl groups is 1. The molecule has 0 radical (unpaired) electrons. The zero-order valence-electron chi connectivity index (χ0n) is 11.7. The van der Waals surface area contributed by atoms with Gasteiger partial charge in [-0.2, -0.15) is 0 Å². The number of carbonyl (C=O) groups excluding carboxylic acids is 1. The second-order valence-electron chi connectivity index (χ2n) is 5.89. The fourth-order valence-corrected chi connectivity index (χ4v) is 2.24. The van der Waals surface area contributed by atoms with E-state index in [1.165, 1.54) is 0 Å². The minimum Gasteiger partial charge on any atom is -0.444 e. The third-order valence-corrected chi connectivity index (χ3v) is 3.11. The number of rotatable bonds is 2. The molecule has 1 aliphatic rings. The summed E-state index contributed by atoms with van der Waals surface area (Å²) in [6, 6.07) is -0.215. The van der Waals surface area contributed by atoms with E-state index >= 15 is 0 Å². The highest BCUT2D eigenvalue weighted by Crippen LogP contribution is 2.22. The van der Waals surface area contributed by atoms with Gasteiger partial charge in [-0.1, -0.05) is 12.8 Å². The van der Waals surface area contributed by atoms with E-state index in [-0.39, 0.29) is 18.7 Å². The van der Waals surface area contributed by atoms with E-state index in [0.29, 0.717) is 6.54 Å². The second-order valence-corrected chi connectivity index (χ2v) is 5.89. The number of aliphatic hydroxyl groups excluding tert-OH is 1. The molecule has 0 spiro atoms. The van der Waals surface area contributed by atoms with Gasteiger partial charge in [0.1, 0.15) is 5.60 Å². The summed E-state index contributed by atoms with van der Waals surface area (Å²) >= 11 is 0. The molecule has 0 aliphatic carbocycles. The number of ether oxygens (including phenoxy) is 1. The van der Waals surface area contributed by atoms with Gasteiger partial charge in [0, 0.05) is 13.1 Å². The average molecular weight is 258 g/mol. The molecule has 5 nitrogen and oxygen atoms in total. The summed E-state index contributed by atoms with van der Waals surface area (Å²) in [4.78, 5) is 13.8. The second kappa shape index (κ2) is 6.38. The lowest BCUT2D eigenvalue weighted by Gasteiger charge is -2.34. The SMILES string of the molecule is CC(C)(C)OC(=O)N1CCCCCC1C(O)CN. The minimum absolute atomic E-state index is 0.171. The number of likely N-dealkylation sites (tertiary alicyclic amines) is 1. The molecule has 0 saturated carbocycles. The molecule has 1 amide bonds. The van der Waals surface area contributed by atoms with E-state index in [2.05, 4.69) is 0 Å². The Labute approximate surface area is 109 Å². The molecule has 0 aromatic heterocycles. The van der Waals surface area contributed by atoms with Crippen molar-refractivity contribution < 1.29 is 14.6 Å². The summed E-state index contributed by atoms with van der Waals surface area (Å²) < 4.78 is 5.39. The quantitative estimate of drug-likeness (QED) is 0.786. The molecule has 3 N–H and O–H groups in total. The fourth-order valence-electron chi connectivity index (χ4n) is 2.24. The average Bonchev–Trinajstić information content (AvgIpc) is 2.50. The van der Waals surface area contributed by atoms with E-state index in [1.807, 2.05) is 20.8 Å². The fraction of sp³-hybridized carbons (Fsp3) is 0.923. The molecular formula is C13H26N2O3. The van der Waals surface area contributed by atoms with Crippen molar-refractivity contribution in [3.8, 4) is 0 Å². The van der Waals surface area contributed by atoms with Crippen LogP contribution >= 0.6 is 0 Å². The van der Waals surface area contributed by atoms with Crippen LogP contribution < -0.4 is 5.73 Å². The van der Waals surface area contributed by atoms with Crippen LogP contribution in [0.15, 0.2) is 0 Å². The monoisotopic (exact) mass is 258 g/mol. The Balaban J connectivity index is 2.75. The van der Waals surface area contributed by atoms with Crippen molar-refractivity contribution >= 4 is 6.09 Å². The van der Waals surface area contributed by atoms with Crippen LogP contribution in [0.1, 0.15) is 46.5 Å². The standard InChI is InChI=1S/C13H26N2O3/c1-13(2,3)18-12(17)15-8-6-4-5-7-10(15)11(16)9-14/h10-11,16H,4-9,14H2,1-3H3. The Kier molecular flexibility index (Phi) is 5.41. The van der Waals surface area contributed by atoms with Crippen molar-refractivity contribution in [1.29, 1.82) is 0 Å². The highest BCUT2D eigenvalue weighted by Gasteiger charge is 2.32. The van der Waals surface area contributed by atoms with Gasteiger partial charge in [-0.05, 0) is 33.6 Å². The first-order valence-electron chi connectivity index (χ1n) is 6.73. The summed E-state index contributed by atoms with van der Waals surface area (Å²) in [6.45, 7) is 6.34. The Morgan fingerprint density at radius 1 is 1.44 bits per heavy atom. The van der Waals surface area contributed by atoms with Crippen LogP contribution in [0.4, 0.5) is 4.79 Å². The minimum atomic E-state index is -0.671. The van der Waals surface area contributed by atoms with Gasteiger partial charge in [0.2, 0.25) is 0 Å². The van der Waals surface area contributed by atoms with Gasteiger partial charge in [-0.15, -0.1) is 0 Å². The number of amides is 1. The van der Waals surface area contributed by atoms with Crippen LogP contribution in [0.2, 0.25) is 0 Å². The van der Waals surface area contributed by atoms with Crippen molar-refractivity contribution in [3.05, 3.63) is 0 Å². The number of hydrogen-bond donors (Lipinski definition) is 2. The lowest BCUT2D eigenvalue weighted by atomic mass is 10.0. The molecule has 0 bridgehead atoms. The van der Waals surface area contributed by atoms with Crippen molar-refractivity contribution in [1.82, 2.24) is 4.90 Å². The molecule has 0 aromatic rings. The van der Waals surface area contributed by atoms with Crippen LogP contribution in [-0.4, -0.2) is 46.9 Å². The van der Waals surface area contributed by atoms with E-state index in [1.54, 1.807) is 4.90 Å². The molecule has 5 heteroatoms. The van der Waals surface area contributed by atoms with Crippen molar-refractivity contribution in [3.63, 3.8) is 0 Å². The maximum absolute atomic E-state index is 12.1. The summed E-state index contributed by atoms with van der Waals surface area (Å²) in [5.74, 6) is 0. The molecule has 1 saturated heterocycles. The first-order valence-corrected chi connectivity index (χ1v) is 6.73. The number of nitrogens with zero attached hydrogens (tertiary/aromatic N) is 1. The molecule has 1 rings (SSSR count). The van der Waals surface area contributed by atoms with Gasteiger partial charge < -0.3 is 20.5 Å². The molecular weight excluding hydrogens is 232 g/mol. The third-order valence-electron chi connectivity index (χ3n) is 3.11. The summed E-state index contributed by atoms with van der Waals surface area (Å²) in [6.07, 6.45) is 2.82. The highest BCUT2D eigenvalue weighted by atomic mass is 16.6. The van der Waals surface area contributed by atoms with Crippen molar-refractivity contribution in [2.45, 2.75) is 64.2 Å². The van der Waals surface area contributed by atoms with Gasteiger partial charge in [-0.3, -0.25) is 0 Å². The summed E-state index contributed by atoms with van der Waals surface area (Å²) in [5.41, 5.74) is 5.00. The van der Waals surface area contributed by atoms with E-state index in [0.717, 1.165) is 25.7 Å². The van der Waals surface area contributed by atoms with Crippen LogP contribution in [0, 0.1) is 0 Å². The summed E-state index contributed by atoms with van der Waals surface area (Å²) in [5, 5.41) is 9.95. The number of hydrogen-bond acceptors (Lipinski definition) is 4. The zero-order chi connectivity index (χ0) is 13.8. The first kappa shape index (κ1) is 15.2. The lowest BCUT2D eigenvalue weighted by molar-refractivity contribution is -0.00358. The van der Waals surface area contributed by atoms with Crippen molar-refractivity contribution in [2.24, 2.45) is 5.73 Å². The number of carbonyl (C=O) groups is 1. The molecule has 2 atom stereocenters. The Bertz CT molecular complexity index is 276. The smallest absolute Gasteiger partial charge is 0.410 e. The molecule has 0 aromatic carbocycles. The van der Waals surface area contributed by atoms with Crippen molar-refractivity contribution in [2.75, 3.05) is 13.1 Å².